The topological polar surface area (TPSA) is 337 Å². The average Bonchev–Trinajstić information content (AvgIpc) is 2.88. The number of likely N-dealkylation sites (tertiary alicyclic amines) is 2. The second kappa shape index (κ2) is 16.8. The quantitative estimate of drug-likeness (QED) is 0.0716. The Morgan fingerprint density at radius 3 is 1.85 bits per heavy atom. The summed E-state index contributed by atoms with van der Waals surface area (Å²) in [5.41, 5.74) is 0. The molecule has 0 aliphatic carbocycles. The van der Waals surface area contributed by atoms with E-state index in [1.807, 2.05) is 0 Å². The molecule has 0 amide bonds. The second-order valence-corrected chi connectivity index (χ2v) is 10.8. The third-order valence-electron chi connectivity index (χ3n) is 6.94. The van der Waals surface area contributed by atoms with Crippen LogP contribution in [-0.4, -0.2) is 210 Å². The molecular formula is C20H42N2O17S. The molecule has 0 radical (unpaired) electrons. The SMILES string of the molecule is O=S(=O)([O-])O[C@H](CO)[C@@H](O)C[NH+]1C[C@H](O)[C@@H](O)[C@H](O)[C@H]1CO.OC[C@@H](O)[C@@H](O)CN1C[C@H](O)[C@@H](O)[C@H](O)[C@H]1CO. The normalized spacial score (nSPS) is 36.7. The van der Waals surface area contributed by atoms with Gasteiger partial charge in [-0.1, -0.05) is 0 Å². The Hall–Kier alpha value is -0.730. The van der Waals surface area contributed by atoms with E-state index < -0.39 is 110 Å². The zero-order valence-electron chi connectivity index (χ0n) is 21.4. The van der Waals surface area contributed by atoms with E-state index in [1.54, 1.807) is 0 Å². The van der Waals surface area contributed by atoms with Crippen LogP contribution in [0.1, 0.15) is 0 Å². The van der Waals surface area contributed by atoms with Crippen molar-refractivity contribution in [1.82, 2.24) is 4.90 Å². The molecule has 2 saturated heterocycles. The molecule has 14 N–H and O–H groups in total. The Balaban J connectivity index is 0.000000408. The van der Waals surface area contributed by atoms with E-state index in [1.165, 1.54) is 4.90 Å². The highest BCUT2D eigenvalue weighted by Crippen LogP contribution is 2.19. The molecule has 0 bridgehead atoms. The van der Waals surface area contributed by atoms with Gasteiger partial charge in [0.15, 0.2) is 0 Å². The summed E-state index contributed by atoms with van der Waals surface area (Å²) in [6.45, 7) is -3.30. The molecule has 2 aliphatic rings. The number of aliphatic hydroxyl groups is 13. The molecule has 0 aromatic heterocycles. The number of nitrogens with zero attached hydrogens (tertiary/aromatic N) is 1. The van der Waals surface area contributed by atoms with Crippen molar-refractivity contribution in [2.45, 2.75) is 73.1 Å². The second-order valence-electron chi connectivity index (χ2n) is 9.77. The molecule has 1 unspecified atom stereocenters. The zero-order valence-corrected chi connectivity index (χ0v) is 22.2. The van der Waals surface area contributed by atoms with Crippen LogP contribution in [-0.2, 0) is 14.6 Å². The minimum atomic E-state index is -5.14. The first-order chi connectivity index (χ1) is 18.5. The molecule has 20 heteroatoms. The summed E-state index contributed by atoms with van der Waals surface area (Å²) >= 11 is 0. The van der Waals surface area contributed by atoms with Gasteiger partial charge in [-0.05, 0) is 0 Å². The van der Waals surface area contributed by atoms with Gasteiger partial charge in [0, 0.05) is 13.1 Å². The van der Waals surface area contributed by atoms with Crippen molar-refractivity contribution in [2.24, 2.45) is 0 Å². The van der Waals surface area contributed by atoms with Gasteiger partial charge >= 0.3 is 0 Å². The zero-order chi connectivity index (χ0) is 30.9. The lowest BCUT2D eigenvalue weighted by Crippen LogP contribution is -3.21. The number of quaternary nitrogens is 1. The number of aliphatic hydroxyl groups excluding tert-OH is 13. The Bertz CT molecular complexity index is 827. The van der Waals surface area contributed by atoms with E-state index in [0.29, 0.717) is 0 Å². The third-order valence-corrected chi connectivity index (χ3v) is 7.42. The summed E-state index contributed by atoms with van der Waals surface area (Å²) in [6.07, 6.45) is -14.1. The summed E-state index contributed by atoms with van der Waals surface area (Å²) in [4.78, 5) is 1.62. The number of nitrogens with one attached hydrogen (secondary N) is 1. The van der Waals surface area contributed by atoms with Gasteiger partial charge in [-0.15, -0.1) is 0 Å². The van der Waals surface area contributed by atoms with Gasteiger partial charge in [-0.3, -0.25) is 9.08 Å². The first kappa shape index (κ1) is 37.3. The van der Waals surface area contributed by atoms with E-state index in [9.17, 15) is 64.0 Å². The van der Waals surface area contributed by atoms with Crippen LogP contribution in [0.3, 0.4) is 0 Å². The van der Waals surface area contributed by atoms with Gasteiger partial charge < -0.3 is 75.8 Å². The molecule has 0 aromatic carbocycles. The number of hydrogen-bond donors (Lipinski definition) is 14. The monoisotopic (exact) mass is 614 g/mol. The van der Waals surface area contributed by atoms with E-state index in [-0.39, 0.29) is 31.1 Å². The molecule has 2 rings (SSSR count). The van der Waals surface area contributed by atoms with Crippen molar-refractivity contribution < 1.29 is 88.4 Å². The minimum absolute atomic E-state index is 0.0569. The van der Waals surface area contributed by atoms with Gasteiger partial charge in [-0.25, -0.2) is 8.42 Å². The van der Waals surface area contributed by atoms with E-state index >= 15 is 0 Å². The van der Waals surface area contributed by atoms with Crippen LogP contribution in [0.15, 0.2) is 0 Å². The van der Waals surface area contributed by atoms with Crippen molar-refractivity contribution in [3.8, 4) is 0 Å². The van der Waals surface area contributed by atoms with Crippen LogP contribution in [0.5, 0.6) is 0 Å². The first-order valence-corrected chi connectivity index (χ1v) is 13.6. The highest BCUT2D eigenvalue weighted by Gasteiger charge is 2.46. The maximum atomic E-state index is 10.5. The van der Waals surface area contributed by atoms with Crippen LogP contribution in [0, 0.1) is 0 Å². The van der Waals surface area contributed by atoms with Crippen molar-refractivity contribution in [1.29, 1.82) is 0 Å². The summed E-state index contributed by atoms with van der Waals surface area (Å²) < 4.78 is 35.5. The van der Waals surface area contributed by atoms with Gasteiger partial charge in [0.25, 0.3) is 0 Å². The molecular weight excluding hydrogens is 572 g/mol. The van der Waals surface area contributed by atoms with Crippen molar-refractivity contribution in [3.63, 3.8) is 0 Å². The first-order valence-electron chi connectivity index (χ1n) is 12.3. The fourth-order valence-corrected chi connectivity index (χ4v) is 5.05. The summed E-state index contributed by atoms with van der Waals surface area (Å²) in [7, 11) is -5.14. The standard InChI is InChI=1S/C10H21NO10S.C10H21NO7/c12-3-5-9(16)10(17)7(15)2-11(5)1-6(14)8(4-13)21-22(18,19)20;12-3-5-9(17)10(18)7(15)2-11(5)1-6(14)8(16)4-13/h5-10,12-17H,1-4H2,(H,18,19,20);5-10,12-18H,1-4H2/t2*5-,6+,7+,8-,9-,10-/m11/s1. The molecule has 0 aromatic rings. The lowest BCUT2D eigenvalue weighted by atomic mass is 9.93. The van der Waals surface area contributed by atoms with Gasteiger partial charge in [0.1, 0.15) is 68.0 Å². The predicted molar refractivity (Wildman–Crippen MR) is 127 cm³/mol. The highest BCUT2D eigenvalue weighted by atomic mass is 32.3. The van der Waals surface area contributed by atoms with Crippen LogP contribution in [0.4, 0.5) is 0 Å². The number of rotatable bonds is 12. The molecule has 240 valence electrons. The molecule has 0 spiro atoms. The maximum absolute atomic E-state index is 10.5. The molecule has 13 atom stereocenters. The summed E-state index contributed by atoms with van der Waals surface area (Å²) in [5, 5.41) is 122. The number of piperidine rings is 2. The van der Waals surface area contributed by atoms with Gasteiger partial charge in [0.05, 0.1) is 44.7 Å². The Kier molecular flexibility index (Phi) is 15.7. The van der Waals surface area contributed by atoms with Gasteiger partial charge in [-0.2, -0.15) is 0 Å². The molecule has 19 nitrogen and oxygen atoms in total. The summed E-state index contributed by atoms with van der Waals surface area (Å²) in [5.74, 6) is 0. The largest absolute Gasteiger partial charge is 0.726 e. The Morgan fingerprint density at radius 1 is 0.800 bits per heavy atom. The maximum Gasteiger partial charge on any atom is 0.218 e. The predicted octanol–water partition coefficient (Wildman–Crippen LogP) is -11.0. The Labute approximate surface area is 229 Å². The molecule has 0 saturated carbocycles. The van der Waals surface area contributed by atoms with Crippen LogP contribution < -0.4 is 4.90 Å². The fraction of sp³-hybridized carbons (Fsp3) is 1.00. The highest BCUT2D eigenvalue weighted by molar-refractivity contribution is 7.80. The van der Waals surface area contributed by atoms with Crippen molar-refractivity contribution >= 4 is 10.4 Å². The van der Waals surface area contributed by atoms with Gasteiger partial charge in [0.2, 0.25) is 10.4 Å². The third kappa shape index (κ3) is 10.5. The van der Waals surface area contributed by atoms with Crippen molar-refractivity contribution in [3.05, 3.63) is 0 Å². The Morgan fingerprint density at radius 2 is 1.38 bits per heavy atom. The van der Waals surface area contributed by atoms with E-state index in [2.05, 4.69) is 4.18 Å². The average molecular weight is 615 g/mol. The lowest BCUT2D eigenvalue weighted by Gasteiger charge is -2.44. The molecule has 2 fully saturated rings. The van der Waals surface area contributed by atoms with Crippen molar-refractivity contribution in [2.75, 3.05) is 52.6 Å². The molecule has 40 heavy (non-hydrogen) atoms. The van der Waals surface area contributed by atoms with E-state index in [0.717, 1.165) is 0 Å². The number of β-amino-alcohol motifs (C(OH)–C–C–N with tert-alkyl or cyclic N) is 2. The lowest BCUT2D eigenvalue weighted by molar-refractivity contribution is -0.942. The van der Waals surface area contributed by atoms with Crippen LogP contribution in [0.2, 0.25) is 0 Å². The minimum Gasteiger partial charge on any atom is -0.726 e. The van der Waals surface area contributed by atoms with Crippen LogP contribution in [0.25, 0.3) is 0 Å². The number of hydrogen-bond acceptors (Lipinski definition) is 18. The van der Waals surface area contributed by atoms with E-state index in [4.69, 9.17) is 15.3 Å². The summed E-state index contributed by atoms with van der Waals surface area (Å²) in [6, 6.07) is -1.79. The molecule has 2 heterocycles. The smallest absolute Gasteiger partial charge is 0.218 e. The fourth-order valence-electron chi connectivity index (χ4n) is 4.56. The molecule has 2 aliphatic heterocycles. The van der Waals surface area contributed by atoms with Crippen LogP contribution >= 0.6 is 0 Å².